The van der Waals surface area contributed by atoms with Crippen LogP contribution in [-0.2, 0) is 4.79 Å². The SMILES string of the molecule is O=C(COc1c(C=Nn2c(C3CCCCC3)nc3ccccc3c2=O)cccc1[N+](=O)[O-])Nc1ccc(Cl)cc1. The lowest BCUT2D eigenvalue weighted by Crippen LogP contribution is -2.25. The van der Waals surface area contributed by atoms with Crippen molar-refractivity contribution < 1.29 is 14.5 Å². The van der Waals surface area contributed by atoms with E-state index in [0.717, 1.165) is 32.1 Å². The molecule has 0 unspecified atom stereocenters. The normalized spacial score (nSPS) is 13.9. The Morgan fingerprint density at radius 3 is 2.60 bits per heavy atom. The molecule has 1 aliphatic carbocycles. The van der Waals surface area contributed by atoms with E-state index in [4.69, 9.17) is 21.3 Å². The third-order valence-corrected chi connectivity index (χ3v) is 7.01. The molecule has 0 bridgehead atoms. The smallest absolute Gasteiger partial charge is 0.311 e. The van der Waals surface area contributed by atoms with Gasteiger partial charge in [-0.2, -0.15) is 9.78 Å². The standard InChI is InChI=1S/C29H26ClN5O5/c30-21-13-15-22(16-14-21)32-26(36)18-40-27-20(9-6-12-25(27)35(38)39)17-31-34-28(19-7-2-1-3-8-19)33-24-11-5-4-10-23(24)29(34)37/h4-6,9-17,19H,1-3,7-8,18H2,(H,32,36). The van der Waals surface area contributed by atoms with Gasteiger partial charge in [0.1, 0.15) is 5.82 Å². The molecule has 1 N–H and O–H groups in total. The molecule has 0 atom stereocenters. The fourth-order valence-corrected chi connectivity index (χ4v) is 4.94. The van der Waals surface area contributed by atoms with Crippen LogP contribution < -0.4 is 15.6 Å². The number of anilines is 1. The summed E-state index contributed by atoms with van der Waals surface area (Å²) in [4.78, 5) is 42.0. The first-order valence-corrected chi connectivity index (χ1v) is 13.3. The topological polar surface area (TPSA) is 129 Å². The molecule has 1 heterocycles. The number of nitro groups is 1. The first-order chi connectivity index (χ1) is 19.4. The van der Waals surface area contributed by atoms with Crippen molar-refractivity contribution in [3.05, 3.63) is 104 Å². The monoisotopic (exact) mass is 559 g/mol. The number of aromatic nitrogens is 2. The third-order valence-electron chi connectivity index (χ3n) is 6.76. The van der Waals surface area contributed by atoms with E-state index in [-0.39, 0.29) is 28.5 Å². The fourth-order valence-electron chi connectivity index (χ4n) is 4.81. The number of benzene rings is 3. The number of fused-ring (bicyclic) bond motifs is 1. The highest BCUT2D eigenvalue weighted by Crippen LogP contribution is 2.33. The number of nitrogens with zero attached hydrogens (tertiary/aromatic N) is 4. The van der Waals surface area contributed by atoms with Crippen LogP contribution in [0, 0.1) is 10.1 Å². The van der Waals surface area contributed by atoms with Gasteiger partial charge in [-0.3, -0.25) is 19.7 Å². The Labute approximate surface area is 234 Å². The summed E-state index contributed by atoms with van der Waals surface area (Å²) < 4.78 is 6.93. The third kappa shape index (κ3) is 6.02. The van der Waals surface area contributed by atoms with E-state index in [1.807, 2.05) is 6.07 Å². The molecule has 0 spiro atoms. The summed E-state index contributed by atoms with van der Waals surface area (Å²) >= 11 is 5.88. The van der Waals surface area contributed by atoms with Gasteiger partial charge in [-0.25, -0.2) is 4.98 Å². The highest BCUT2D eigenvalue weighted by atomic mass is 35.5. The van der Waals surface area contributed by atoms with E-state index in [2.05, 4.69) is 10.4 Å². The summed E-state index contributed by atoms with van der Waals surface area (Å²) in [5, 5.41) is 19.8. The second-order valence-corrected chi connectivity index (χ2v) is 9.92. The average molecular weight is 560 g/mol. The summed E-state index contributed by atoms with van der Waals surface area (Å²) in [5.41, 5.74) is 0.687. The van der Waals surface area contributed by atoms with E-state index < -0.39 is 17.4 Å². The van der Waals surface area contributed by atoms with Gasteiger partial charge in [0.25, 0.3) is 11.5 Å². The zero-order chi connectivity index (χ0) is 28.1. The Morgan fingerprint density at radius 1 is 1.10 bits per heavy atom. The molecule has 1 aliphatic rings. The van der Waals surface area contributed by atoms with Gasteiger partial charge in [-0.05, 0) is 55.3 Å². The van der Waals surface area contributed by atoms with Gasteiger partial charge in [0, 0.05) is 28.3 Å². The van der Waals surface area contributed by atoms with Gasteiger partial charge in [-0.1, -0.05) is 49.1 Å². The number of rotatable bonds is 8. The fraction of sp³-hybridized carbons (Fsp3) is 0.241. The molecule has 1 fully saturated rings. The Balaban J connectivity index is 1.48. The van der Waals surface area contributed by atoms with Crippen LogP contribution >= 0.6 is 11.6 Å². The number of carbonyl (C=O) groups excluding carboxylic acids is 1. The summed E-state index contributed by atoms with van der Waals surface area (Å²) in [7, 11) is 0. The lowest BCUT2D eigenvalue weighted by molar-refractivity contribution is -0.385. The first-order valence-electron chi connectivity index (χ1n) is 12.9. The Bertz CT molecular complexity index is 1650. The quantitative estimate of drug-likeness (QED) is 0.162. The molecule has 10 nitrogen and oxygen atoms in total. The van der Waals surface area contributed by atoms with Crippen LogP contribution in [0.15, 0.2) is 76.6 Å². The number of nitro benzene ring substituents is 1. The summed E-state index contributed by atoms with van der Waals surface area (Å²) in [6.45, 7) is -0.487. The van der Waals surface area contributed by atoms with Crippen molar-refractivity contribution >= 4 is 46.0 Å². The van der Waals surface area contributed by atoms with E-state index in [0.29, 0.717) is 27.4 Å². The Kier molecular flexibility index (Phi) is 8.16. The van der Waals surface area contributed by atoms with Gasteiger partial charge < -0.3 is 10.1 Å². The predicted molar refractivity (Wildman–Crippen MR) is 153 cm³/mol. The molecular formula is C29H26ClN5O5. The molecule has 0 saturated heterocycles. The largest absolute Gasteiger partial charge is 0.476 e. The summed E-state index contributed by atoms with van der Waals surface area (Å²) in [6.07, 6.45) is 6.35. The van der Waals surface area contributed by atoms with Gasteiger partial charge in [0.15, 0.2) is 6.61 Å². The van der Waals surface area contributed by atoms with Crippen molar-refractivity contribution in [2.45, 2.75) is 38.0 Å². The van der Waals surface area contributed by atoms with Crippen molar-refractivity contribution in [3.8, 4) is 5.75 Å². The minimum Gasteiger partial charge on any atom is -0.476 e. The molecule has 1 aromatic heterocycles. The van der Waals surface area contributed by atoms with Crippen molar-refractivity contribution in [1.29, 1.82) is 0 Å². The lowest BCUT2D eigenvalue weighted by Gasteiger charge is -2.22. The molecule has 5 rings (SSSR count). The second-order valence-electron chi connectivity index (χ2n) is 9.48. The molecule has 3 aromatic carbocycles. The average Bonchev–Trinajstić information content (AvgIpc) is 2.97. The number of ether oxygens (including phenoxy) is 1. The van der Waals surface area contributed by atoms with Crippen LogP contribution in [0.3, 0.4) is 0 Å². The minimum absolute atomic E-state index is 0.0700. The molecular weight excluding hydrogens is 534 g/mol. The molecule has 4 aromatic rings. The highest BCUT2D eigenvalue weighted by molar-refractivity contribution is 6.30. The van der Waals surface area contributed by atoms with Crippen molar-refractivity contribution in [2.75, 3.05) is 11.9 Å². The molecule has 0 radical (unpaired) electrons. The van der Waals surface area contributed by atoms with Crippen molar-refractivity contribution in [2.24, 2.45) is 5.10 Å². The zero-order valence-electron chi connectivity index (χ0n) is 21.5. The van der Waals surface area contributed by atoms with Crippen molar-refractivity contribution in [3.63, 3.8) is 0 Å². The minimum atomic E-state index is -0.596. The number of hydrogen-bond donors (Lipinski definition) is 1. The van der Waals surface area contributed by atoms with E-state index in [9.17, 15) is 19.7 Å². The van der Waals surface area contributed by atoms with Crippen LogP contribution in [-0.4, -0.2) is 33.3 Å². The van der Waals surface area contributed by atoms with Gasteiger partial charge in [-0.15, -0.1) is 0 Å². The highest BCUT2D eigenvalue weighted by Gasteiger charge is 2.23. The molecule has 0 aliphatic heterocycles. The number of amides is 1. The van der Waals surface area contributed by atoms with Gasteiger partial charge in [0.05, 0.1) is 22.0 Å². The number of halogens is 1. The Morgan fingerprint density at radius 2 is 1.85 bits per heavy atom. The van der Waals surface area contributed by atoms with Gasteiger partial charge in [0.2, 0.25) is 5.75 Å². The van der Waals surface area contributed by atoms with Crippen LogP contribution in [0.1, 0.15) is 49.4 Å². The predicted octanol–water partition coefficient (Wildman–Crippen LogP) is 5.91. The van der Waals surface area contributed by atoms with Crippen LogP contribution in [0.2, 0.25) is 5.02 Å². The maximum atomic E-state index is 13.5. The summed E-state index contributed by atoms with van der Waals surface area (Å²) in [6, 6.07) is 17.9. The molecule has 40 heavy (non-hydrogen) atoms. The first kappa shape index (κ1) is 27.0. The zero-order valence-corrected chi connectivity index (χ0v) is 22.2. The number of nitrogens with one attached hydrogen (secondary N) is 1. The van der Waals surface area contributed by atoms with Gasteiger partial charge >= 0.3 is 5.69 Å². The van der Waals surface area contributed by atoms with E-state index in [1.165, 1.54) is 23.0 Å². The maximum absolute atomic E-state index is 13.5. The van der Waals surface area contributed by atoms with Crippen LogP contribution in [0.25, 0.3) is 10.9 Å². The summed E-state index contributed by atoms with van der Waals surface area (Å²) in [5.74, 6) is -0.0168. The number of hydrogen-bond acceptors (Lipinski definition) is 7. The number of para-hydroxylation sites is 2. The molecule has 1 saturated carbocycles. The Hall–Kier alpha value is -4.57. The molecule has 1 amide bonds. The molecule has 11 heteroatoms. The van der Waals surface area contributed by atoms with Crippen molar-refractivity contribution in [1.82, 2.24) is 9.66 Å². The lowest BCUT2D eigenvalue weighted by atomic mass is 9.88. The van der Waals surface area contributed by atoms with Crippen LogP contribution in [0.4, 0.5) is 11.4 Å². The van der Waals surface area contributed by atoms with Crippen LogP contribution in [0.5, 0.6) is 5.75 Å². The number of carbonyl (C=O) groups is 1. The van der Waals surface area contributed by atoms with E-state index >= 15 is 0 Å². The van der Waals surface area contributed by atoms with E-state index in [1.54, 1.807) is 48.5 Å². The second kappa shape index (κ2) is 12.1. The maximum Gasteiger partial charge on any atom is 0.311 e. The molecule has 204 valence electrons.